The van der Waals surface area contributed by atoms with Crippen LogP contribution in [0.4, 0.5) is 4.79 Å². The molecule has 1 aliphatic carbocycles. The molecule has 7 heteroatoms. The van der Waals surface area contributed by atoms with Crippen molar-refractivity contribution < 1.29 is 14.3 Å². The number of nitrogens with one attached hydrogen (secondary N) is 1. The summed E-state index contributed by atoms with van der Waals surface area (Å²) in [5.41, 5.74) is 1.56. The Kier molecular flexibility index (Phi) is 6.77. The van der Waals surface area contributed by atoms with Crippen molar-refractivity contribution in [3.63, 3.8) is 0 Å². The van der Waals surface area contributed by atoms with Gasteiger partial charge in [0.05, 0.1) is 12.2 Å². The van der Waals surface area contributed by atoms with Crippen LogP contribution >= 0.6 is 0 Å². The van der Waals surface area contributed by atoms with Crippen LogP contribution < -0.4 is 5.32 Å². The molecule has 0 saturated heterocycles. The zero-order valence-corrected chi connectivity index (χ0v) is 20.3. The SMILES string of the molecule is CC(NC(=O)c1nc(-c2ccccc2)n2c1CN(C(=O)OC(C)(C)C)CC2)C1CCCCC1. The summed E-state index contributed by atoms with van der Waals surface area (Å²) in [6.07, 6.45) is 5.70. The molecule has 2 amide bonds. The lowest BCUT2D eigenvalue weighted by molar-refractivity contribution is 0.0198. The molecule has 4 rings (SSSR count). The molecule has 1 aromatic heterocycles. The molecule has 1 N–H and O–H groups in total. The minimum absolute atomic E-state index is 0.0980. The normalized spacial score (nSPS) is 17.9. The van der Waals surface area contributed by atoms with Crippen molar-refractivity contribution in [3.8, 4) is 11.4 Å². The van der Waals surface area contributed by atoms with E-state index >= 15 is 0 Å². The number of aromatic nitrogens is 2. The van der Waals surface area contributed by atoms with E-state index in [4.69, 9.17) is 9.72 Å². The lowest BCUT2D eigenvalue weighted by atomic mass is 9.84. The van der Waals surface area contributed by atoms with Crippen molar-refractivity contribution in [1.82, 2.24) is 19.8 Å². The largest absolute Gasteiger partial charge is 0.444 e. The van der Waals surface area contributed by atoms with E-state index in [9.17, 15) is 9.59 Å². The first-order valence-corrected chi connectivity index (χ1v) is 12.2. The van der Waals surface area contributed by atoms with Crippen LogP contribution in [0.2, 0.25) is 0 Å². The zero-order chi connectivity index (χ0) is 23.6. The van der Waals surface area contributed by atoms with Gasteiger partial charge in [-0.15, -0.1) is 0 Å². The summed E-state index contributed by atoms with van der Waals surface area (Å²) in [5, 5.41) is 3.21. The third-order valence-electron chi connectivity index (χ3n) is 6.62. The molecule has 2 aromatic rings. The molecular weight excluding hydrogens is 416 g/mol. The number of amides is 2. The third kappa shape index (κ3) is 5.40. The maximum atomic E-state index is 13.4. The van der Waals surface area contributed by atoms with Crippen LogP contribution in [0.3, 0.4) is 0 Å². The predicted octanol–water partition coefficient (Wildman–Crippen LogP) is 5.00. The Morgan fingerprint density at radius 1 is 1.09 bits per heavy atom. The van der Waals surface area contributed by atoms with Gasteiger partial charge in [0.25, 0.3) is 5.91 Å². The molecule has 1 aromatic carbocycles. The summed E-state index contributed by atoms with van der Waals surface area (Å²) < 4.78 is 7.66. The number of carbonyl (C=O) groups excluding carboxylic acids is 2. The monoisotopic (exact) mass is 452 g/mol. The Labute approximate surface area is 196 Å². The predicted molar refractivity (Wildman–Crippen MR) is 128 cm³/mol. The molecule has 33 heavy (non-hydrogen) atoms. The molecule has 1 unspecified atom stereocenters. The first-order valence-electron chi connectivity index (χ1n) is 12.2. The molecule has 1 atom stereocenters. The van der Waals surface area contributed by atoms with Gasteiger partial charge in [-0.25, -0.2) is 9.78 Å². The molecule has 7 nitrogen and oxygen atoms in total. The molecule has 2 aliphatic rings. The number of rotatable bonds is 4. The van der Waals surface area contributed by atoms with Gasteiger partial charge in [0.1, 0.15) is 11.4 Å². The zero-order valence-electron chi connectivity index (χ0n) is 20.3. The summed E-state index contributed by atoms with van der Waals surface area (Å²) in [6.45, 7) is 9.06. The lowest BCUT2D eigenvalue weighted by Gasteiger charge is -2.32. The van der Waals surface area contributed by atoms with E-state index in [2.05, 4.69) is 16.8 Å². The highest BCUT2D eigenvalue weighted by Gasteiger charge is 2.33. The number of nitrogens with zero attached hydrogens (tertiary/aromatic N) is 3. The Balaban J connectivity index is 1.62. The lowest BCUT2D eigenvalue weighted by Crippen LogP contribution is -2.43. The second-order valence-electron chi connectivity index (χ2n) is 10.3. The Morgan fingerprint density at radius 3 is 2.45 bits per heavy atom. The standard InChI is InChI=1S/C26H36N4O3/c1-18(19-11-7-5-8-12-19)27-24(31)22-21-17-29(25(32)33-26(2,3)4)15-16-30(21)23(28-22)20-13-9-6-10-14-20/h6,9-10,13-14,18-19H,5,7-8,11-12,15-17H2,1-4H3,(H,27,31). The van der Waals surface area contributed by atoms with E-state index in [1.807, 2.05) is 51.1 Å². The van der Waals surface area contributed by atoms with Gasteiger partial charge >= 0.3 is 6.09 Å². The van der Waals surface area contributed by atoms with Gasteiger partial charge in [-0.05, 0) is 46.5 Å². The fourth-order valence-electron chi connectivity index (χ4n) is 4.87. The van der Waals surface area contributed by atoms with Gasteiger partial charge in [-0.1, -0.05) is 49.6 Å². The first kappa shape index (κ1) is 23.3. The van der Waals surface area contributed by atoms with Crippen LogP contribution in [0.15, 0.2) is 30.3 Å². The molecule has 0 bridgehead atoms. The Hall–Kier alpha value is -2.83. The molecular formula is C26H36N4O3. The third-order valence-corrected chi connectivity index (χ3v) is 6.62. The van der Waals surface area contributed by atoms with Crippen molar-refractivity contribution in [1.29, 1.82) is 0 Å². The number of benzene rings is 1. The van der Waals surface area contributed by atoms with Crippen LogP contribution in [-0.2, 0) is 17.8 Å². The molecule has 1 fully saturated rings. The van der Waals surface area contributed by atoms with E-state index < -0.39 is 5.60 Å². The number of imidazole rings is 1. The summed E-state index contributed by atoms with van der Waals surface area (Å²) >= 11 is 0. The summed E-state index contributed by atoms with van der Waals surface area (Å²) in [7, 11) is 0. The van der Waals surface area contributed by atoms with Crippen molar-refractivity contribution in [3.05, 3.63) is 41.7 Å². The number of hydrogen-bond acceptors (Lipinski definition) is 4. The maximum Gasteiger partial charge on any atom is 0.410 e. The van der Waals surface area contributed by atoms with Crippen molar-refractivity contribution in [2.45, 2.75) is 84.5 Å². The van der Waals surface area contributed by atoms with Gasteiger partial charge in [0.15, 0.2) is 5.69 Å². The van der Waals surface area contributed by atoms with Crippen molar-refractivity contribution in [2.24, 2.45) is 5.92 Å². The van der Waals surface area contributed by atoms with Gasteiger partial charge in [0.2, 0.25) is 0 Å². The van der Waals surface area contributed by atoms with E-state index in [-0.39, 0.29) is 18.0 Å². The van der Waals surface area contributed by atoms with E-state index in [0.717, 1.165) is 29.9 Å². The van der Waals surface area contributed by atoms with E-state index in [1.165, 1.54) is 19.3 Å². The molecule has 1 aliphatic heterocycles. The van der Waals surface area contributed by atoms with Crippen LogP contribution in [0.25, 0.3) is 11.4 Å². The van der Waals surface area contributed by atoms with Crippen LogP contribution in [0.1, 0.15) is 76.0 Å². The maximum absolute atomic E-state index is 13.4. The summed E-state index contributed by atoms with van der Waals surface area (Å²) in [6, 6.07) is 10.0. The van der Waals surface area contributed by atoms with Gasteiger partial charge in [-0.3, -0.25) is 4.79 Å². The second-order valence-corrected chi connectivity index (χ2v) is 10.3. The number of carbonyl (C=O) groups is 2. The highest BCUT2D eigenvalue weighted by Crippen LogP contribution is 2.29. The molecule has 2 heterocycles. The fraction of sp³-hybridized carbons (Fsp3) is 0.577. The highest BCUT2D eigenvalue weighted by atomic mass is 16.6. The number of fused-ring (bicyclic) bond motifs is 1. The molecule has 178 valence electrons. The van der Waals surface area contributed by atoms with E-state index in [0.29, 0.717) is 31.2 Å². The van der Waals surface area contributed by atoms with Crippen LogP contribution in [0.5, 0.6) is 0 Å². The Morgan fingerprint density at radius 2 is 1.79 bits per heavy atom. The van der Waals surface area contributed by atoms with Gasteiger partial charge < -0.3 is 19.5 Å². The second kappa shape index (κ2) is 9.57. The van der Waals surface area contributed by atoms with Gasteiger partial charge in [0, 0.05) is 24.7 Å². The number of hydrogen-bond donors (Lipinski definition) is 1. The summed E-state index contributed by atoms with van der Waals surface area (Å²) in [4.78, 5) is 32.6. The highest BCUT2D eigenvalue weighted by molar-refractivity contribution is 5.94. The Bertz CT molecular complexity index is 987. The van der Waals surface area contributed by atoms with Crippen LogP contribution in [0, 0.1) is 5.92 Å². The summed E-state index contributed by atoms with van der Waals surface area (Å²) in [5.74, 6) is 1.11. The van der Waals surface area contributed by atoms with E-state index in [1.54, 1.807) is 4.90 Å². The molecule has 0 radical (unpaired) electrons. The molecule has 1 saturated carbocycles. The topological polar surface area (TPSA) is 76.5 Å². The number of ether oxygens (including phenoxy) is 1. The van der Waals surface area contributed by atoms with Gasteiger partial charge in [-0.2, -0.15) is 0 Å². The quantitative estimate of drug-likeness (QED) is 0.708. The average Bonchev–Trinajstić information content (AvgIpc) is 3.18. The first-order chi connectivity index (χ1) is 15.7. The van der Waals surface area contributed by atoms with Crippen molar-refractivity contribution in [2.75, 3.05) is 6.54 Å². The minimum atomic E-state index is -0.570. The smallest absolute Gasteiger partial charge is 0.410 e. The molecule has 0 spiro atoms. The minimum Gasteiger partial charge on any atom is -0.444 e. The van der Waals surface area contributed by atoms with Crippen molar-refractivity contribution >= 4 is 12.0 Å². The van der Waals surface area contributed by atoms with Crippen LogP contribution in [-0.4, -0.2) is 44.6 Å². The fourth-order valence-corrected chi connectivity index (χ4v) is 4.87. The average molecular weight is 453 g/mol.